The van der Waals surface area contributed by atoms with E-state index >= 15 is 0 Å². The number of hydrogen-bond donors (Lipinski definition) is 2. The summed E-state index contributed by atoms with van der Waals surface area (Å²) in [6.07, 6.45) is 3.45. The molecule has 0 radical (unpaired) electrons. The van der Waals surface area contributed by atoms with Crippen molar-refractivity contribution in [2.75, 3.05) is 32.8 Å². The van der Waals surface area contributed by atoms with Gasteiger partial charge in [0.15, 0.2) is 0 Å². The molecule has 2 N–H and O–H groups in total. The quantitative estimate of drug-likeness (QED) is 0.865. The molecule has 112 valence electrons. The molecule has 1 atom stereocenters. The molecule has 0 aliphatic carbocycles. The Labute approximate surface area is 123 Å². The third-order valence-electron chi connectivity index (χ3n) is 4.46. The molecule has 3 nitrogen and oxygen atoms in total. The fourth-order valence-corrected chi connectivity index (χ4v) is 3.03. The highest BCUT2D eigenvalue weighted by molar-refractivity contribution is 5.28. The van der Waals surface area contributed by atoms with Crippen LogP contribution in [-0.4, -0.2) is 42.8 Å². The van der Waals surface area contributed by atoms with Crippen LogP contribution in [0.4, 0.5) is 0 Å². The van der Waals surface area contributed by atoms with Crippen LogP contribution in [0.15, 0.2) is 24.3 Å². The molecule has 0 amide bonds. The molecule has 1 saturated heterocycles. The monoisotopic (exact) mass is 276 g/mol. The number of aliphatic hydroxyl groups excluding tert-OH is 1. The third kappa shape index (κ3) is 3.40. The minimum Gasteiger partial charge on any atom is -0.394 e. The second kappa shape index (κ2) is 7.21. The van der Waals surface area contributed by atoms with E-state index in [2.05, 4.69) is 48.3 Å². The van der Waals surface area contributed by atoms with Gasteiger partial charge in [-0.05, 0) is 37.4 Å². The first kappa shape index (κ1) is 15.5. The predicted molar refractivity (Wildman–Crippen MR) is 83.9 cm³/mol. The van der Waals surface area contributed by atoms with Crippen LogP contribution >= 0.6 is 0 Å². The summed E-state index contributed by atoms with van der Waals surface area (Å²) in [4.78, 5) is 2.42. The van der Waals surface area contributed by atoms with Crippen LogP contribution in [0.25, 0.3) is 0 Å². The van der Waals surface area contributed by atoms with E-state index < -0.39 is 0 Å². The van der Waals surface area contributed by atoms with Crippen molar-refractivity contribution in [3.8, 4) is 0 Å². The van der Waals surface area contributed by atoms with Gasteiger partial charge in [-0.15, -0.1) is 0 Å². The molecule has 0 spiro atoms. The van der Waals surface area contributed by atoms with Crippen molar-refractivity contribution in [2.24, 2.45) is 0 Å². The van der Waals surface area contributed by atoms with Gasteiger partial charge in [0.2, 0.25) is 0 Å². The Morgan fingerprint density at radius 2 is 1.95 bits per heavy atom. The smallest absolute Gasteiger partial charge is 0.0665 e. The number of hydrogen-bond acceptors (Lipinski definition) is 3. The Bertz CT molecular complexity index is 396. The van der Waals surface area contributed by atoms with Gasteiger partial charge in [0, 0.05) is 19.6 Å². The Kier molecular flexibility index (Phi) is 5.58. The minimum atomic E-state index is -0.267. The summed E-state index contributed by atoms with van der Waals surface area (Å²) in [5, 5.41) is 13.4. The maximum absolute atomic E-state index is 9.99. The van der Waals surface area contributed by atoms with Gasteiger partial charge in [-0.2, -0.15) is 0 Å². The average molecular weight is 276 g/mol. The summed E-state index contributed by atoms with van der Waals surface area (Å²) in [6.45, 7) is 8.65. The first-order valence-electron chi connectivity index (χ1n) is 7.86. The second-order valence-corrected chi connectivity index (χ2v) is 5.97. The molecule has 1 fully saturated rings. The van der Waals surface area contributed by atoms with Crippen LogP contribution in [0, 0.1) is 0 Å². The van der Waals surface area contributed by atoms with Crippen molar-refractivity contribution in [1.29, 1.82) is 0 Å². The van der Waals surface area contributed by atoms with Crippen molar-refractivity contribution >= 4 is 0 Å². The standard InChI is InChI=1S/C17H28N2O/c1-3-5-15-6-8-16(9-7-15)17(2,14-20)19-12-4-10-18-11-13-19/h6-9,18,20H,3-5,10-14H2,1-2H3. The normalized spacial score (nSPS) is 20.4. The molecule has 0 bridgehead atoms. The van der Waals surface area contributed by atoms with E-state index in [1.807, 2.05) is 0 Å². The Balaban J connectivity index is 2.19. The van der Waals surface area contributed by atoms with Crippen LogP contribution in [0.2, 0.25) is 0 Å². The van der Waals surface area contributed by atoms with Crippen LogP contribution in [0.1, 0.15) is 37.8 Å². The lowest BCUT2D eigenvalue weighted by atomic mass is 9.89. The zero-order chi connectivity index (χ0) is 14.4. The molecule has 2 rings (SSSR count). The molecular weight excluding hydrogens is 248 g/mol. The van der Waals surface area contributed by atoms with Crippen molar-refractivity contribution in [3.63, 3.8) is 0 Å². The van der Waals surface area contributed by atoms with Crippen molar-refractivity contribution in [3.05, 3.63) is 35.4 Å². The predicted octanol–water partition coefficient (Wildman–Crippen LogP) is 2.14. The van der Waals surface area contributed by atoms with Crippen molar-refractivity contribution in [2.45, 2.75) is 38.6 Å². The van der Waals surface area contributed by atoms with Crippen LogP contribution < -0.4 is 5.32 Å². The summed E-state index contributed by atoms with van der Waals surface area (Å²) in [6, 6.07) is 8.81. The highest BCUT2D eigenvalue weighted by Crippen LogP contribution is 2.28. The molecule has 3 heteroatoms. The summed E-state index contributed by atoms with van der Waals surface area (Å²) in [5.41, 5.74) is 2.34. The number of nitrogens with one attached hydrogen (secondary N) is 1. The molecular formula is C17H28N2O. The average Bonchev–Trinajstić information content (AvgIpc) is 2.77. The molecule has 1 aliphatic heterocycles. The largest absolute Gasteiger partial charge is 0.394 e. The maximum Gasteiger partial charge on any atom is 0.0665 e. The molecule has 20 heavy (non-hydrogen) atoms. The van der Waals surface area contributed by atoms with E-state index in [4.69, 9.17) is 0 Å². The van der Waals surface area contributed by atoms with Gasteiger partial charge in [-0.1, -0.05) is 37.6 Å². The molecule has 1 unspecified atom stereocenters. The zero-order valence-corrected chi connectivity index (χ0v) is 12.9. The highest BCUT2D eigenvalue weighted by atomic mass is 16.3. The molecule has 1 heterocycles. The lowest BCUT2D eigenvalue weighted by Crippen LogP contribution is -2.48. The number of rotatable bonds is 5. The SMILES string of the molecule is CCCc1ccc(C(C)(CO)N2CCCNCC2)cc1. The van der Waals surface area contributed by atoms with Gasteiger partial charge >= 0.3 is 0 Å². The summed E-state index contributed by atoms with van der Waals surface area (Å²) >= 11 is 0. The first-order chi connectivity index (χ1) is 9.70. The fourth-order valence-electron chi connectivity index (χ4n) is 3.03. The topological polar surface area (TPSA) is 35.5 Å². The van der Waals surface area contributed by atoms with Gasteiger partial charge in [0.25, 0.3) is 0 Å². The lowest BCUT2D eigenvalue weighted by molar-refractivity contribution is 0.0453. The van der Waals surface area contributed by atoms with Gasteiger partial charge < -0.3 is 10.4 Å². The first-order valence-corrected chi connectivity index (χ1v) is 7.86. The Morgan fingerprint density at radius 1 is 1.20 bits per heavy atom. The summed E-state index contributed by atoms with van der Waals surface area (Å²) in [5.74, 6) is 0. The van der Waals surface area contributed by atoms with Crippen molar-refractivity contribution < 1.29 is 5.11 Å². The molecule has 1 aromatic carbocycles. The van der Waals surface area contributed by atoms with E-state index in [9.17, 15) is 5.11 Å². The highest BCUT2D eigenvalue weighted by Gasteiger charge is 2.33. The Hall–Kier alpha value is -0.900. The molecule has 0 aromatic heterocycles. The summed E-state index contributed by atoms with van der Waals surface area (Å²) < 4.78 is 0. The minimum absolute atomic E-state index is 0.167. The fraction of sp³-hybridized carbons (Fsp3) is 0.647. The van der Waals surface area contributed by atoms with Gasteiger partial charge in [-0.3, -0.25) is 4.90 Å². The number of nitrogens with zero attached hydrogens (tertiary/aromatic N) is 1. The molecule has 1 aliphatic rings. The maximum atomic E-state index is 9.99. The van der Waals surface area contributed by atoms with Gasteiger partial charge in [0.05, 0.1) is 12.1 Å². The van der Waals surface area contributed by atoms with Crippen LogP contribution in [0.3, 0.4) is 0 Å². The van der Waals surface area contributed by atoms with Crippen LogP contribution in [-0.2, 0) is 12.0 Å². The van der Waals surface area contributed by atoms with Gasteiger partial charge in [0.1, 0.15) is 0 Å². The number of aliphatic hydroxyl groups is 1. The van der Waals surface area contributed by atoms with E-state index in [-0.39, 0.29) is 12.1 Å². The lowest BCUT2D eigenvalue weighted by Gasteiger charge is -2.40. The van der Waals surface area contributed by atoms with Crippen molar-refractivity contribution in [1.82, 2.24) is 10.2 Å². The molecule has 1 aromatic rings. The summed E-state index contributed by atoms with van der Waals surface area (Å²) in [7, 11) is 0. The number of aryl methyl sites for hydroxylation is 1. The third-order valence-corrected chi connectivity index (χ3v) is 4.46. The van der Waals surface area contributed by atoms with E-state index in [0.29, 0.717) is 0 Å². The zero-order valence-electron chi connectivity index (χ0n) is 12.9. The van der Waals surface area contributed by atoms with E-state index in [0.717, 1.165) is 39.0 Å². The van der Waals surface area contributed by atoms with Crippen LogP contribution in [0.5, 0.6) is 0 Å². The van der Waals surface area contributed by atoms with Gasteiger partial charge in [-0.25, -0.2) is 0 Å². The molecule has 0 saturated carbocycles. The second-order valence-electron chi connectivity index (χ2n) is 5.97. The number of benzene rings is 1. The van der Waals surface area contributed by atoms with E-state index in [1.165, 1.54) is 17.5 Å². The Morgan fingerprint density at radius 3 is 2.60 bits per heavy atom. The van der Waals surface area contributed by atoms with E-state index in [1.54, 1.807) is 0 Å².